The van der Waals surface area contributed by atoms with Crippen molar-refractivity contribution in [3.63, 3.8) is 0 Å². The molecule has 3 rings (SSSR count). The lowest BCUT2D eigenvalue weighted by Gasteiger charge is -2.22. The first-order chi connectivity index (χ1) is 12.9. The number of hydrogen-bond acceptors (Lipinski definition) is 5. The number of amides is 1. The molecule has 1 amide bonds. The number of para-hydroxylation sites is 1. The third-order valence-electron chi connectivity index (χ3n) is 3.97. The number of anilines is 1. The largest absolute Gasteiger partial charge is 0.494 e. The summed E-state index contributed by atoms with van der Waals surface area (Å²) in [6, 6.07) is 13.5. The summed E-state index contributed by atoms with van der Waals surface area (Å²) in [4.78, 5) is 16.7. The molecule has 6 heteroatoms. The number of fused-ring (bicyclic) bond motifs is 1. The quantitative estimate of drug-likeness (QED) is 0.649. The van der Waals surface area contributed by atoms with E-state index in [1.807, 2.05) is 49.4 Å². The summed E-state index contributed by atoms with van der Waals surface area (Å²) in [5.41, 5.74) is 1.84. The van der Waals surface area contributed by atoms with E-state index >= 15 is 0 Å². The van der Waals surface area contributed by atoms with Crippen LogP contribution in [0.5, 0.6) is 11.5 Å². The predicted octanol–water partition coefficient (Wildman–Crippen LogP) is 5.01. The van der Waals surface area contributed by atoms with Gasteiger partial charge in [-0.3, -0.25) is 10.1 Å². The Morgan fingerprint density at radius 2 is 1.93 bits per heavy atom. The van der Waals surface area contributed by atoms with Crippen molar-refractivity contribution in [2.75, 3.05) is 18.5 Å². The van der Waals surface area contributed by atoms with E-state index in [9.17, 15) is 4.79 Å². The smallest absolute Gasteiger partial charge is 0.264 e. The highest BCUT2D eigenvalue weighted by molar-refractivity contribution is 7.22. The lowest BCUT2D eigenvalue weighted by Crippen LogP contribution is -2.21. The van der Waals surface area contributed by atoms with Crippen molar-refractivity contribution in [1.29, 1.82) is 0 Å². The molecule has 1 aromatic heterocycles. The fraction of sp³-hybridized carbons (Fsp3) is 0.333. The fourth-order valence-electron chi connectivity index (χ4n) is 2.73. The second kappa shape index (κ2) is 7.96. The number of carbonyl (C=O) groups is 1. The van der Waals surface area contributed by atoms with E-state index in [1.165, 1.54) is 11.3 Å². The summed E-state index contributed by atoms with van der Waals surface area (Å²) >= 11 is 1.42. The van der Waals surface area contributed by atoms with Crippen LogP contribution < -0.4 is 14.8 Å². The number of thiazole rings is 1. The van der Waals surface area contributed by atoms with Gasteiger partial charge in [0, 0.05) is 0 Å². The van der Waals surface area contributed by atoms with Gasteiger partial charge in [0.15, 0.2) is 11.7 Å². The Bertz CT molecular complexity index is 944. The zero-order chi connectivity index (χ0) is 19.4. The molecule has 1 heterocycles. The highest BCUT2D eigenvalue weighted by Crippen LogP contribution is 2.31. The number of rotatable bonds is 6. The molecule has 1 N–H and O–H groups in total. The van der Waals surface area contributed by atoms with Crippen LogP contribution in [0.3, 0.4) is 0 Å². The van der Waals surface area contributed by atoms with Gasteiger partial charge in [-0.1, -0.05) is 50.3 Å². The molecule has 0 aliphatic carbocycles. The molecule has 2 aromatic carbocycles. The van der Waals surface area contributed by atoms with E-state index in [0.29, 0.717) is 11.7 Å². The van der Waals surface area contributed by atoms with Crippen LogP contribution in [-0.2, 0) is 10.2 Å². The van der Waals surface area contributed by atoms with Crippen LogP contribution in [0.25, 0.3) is 10.2 Å². The number of nitrogens with one attached hydrogen (secondary N) is 1. The number of ether oxygens (including phenoxy) is 2. The molecule has 0 aliphatic heterocycles. The van der Waals surface area contributed by atoms with E-state index in [4.69, 9.17) is 9.47 Å². The maximum Gasteiger partial charge on any atom is 0.264 e. The molecule has 0 radical (unpaired) electrons. The average Bonchev–Trinajstić information content (AvgIpc) is 3.01. The number of aromatic nitrogens is 1. The summed E-state index contributed by atoms with van der Waals surface area (Å²) in [5, 5.41) is 3.37. The number of benzene rings is 2. The highest BCUT2D eigenvalue weighted by Gasteiger charge is 2.19. The lowest BCUT2D eigenvalue weighted by molar-refractivity contribution is -0.118. The lowest BCUT2D eigenvalue weighted by atomic mass is 9.86. The van der Waals surface area contributed by atoms with Crippen LogP contribution in [0.1, 0.15) is 33.3 Å². The Morgan fingerprint density at radius 1 is 1.15 bits per heavy atom. The zero-order valence-electron chi connectivity index (χ0n) is 16.0. The van der Waals surface area contributed by atoms with E-state index in [2.05, 4.69) is 31.1 Å². The number of carbonyl (C=O) groups excluding carboxylic acids is 1. The van der Waals surface area contributed by atoms with Gasteiger partial charge in [0.05, 0.1) is 16.8 Å². The summed E-state index contributed by atoms with van der Waals surface area (Å²) < 4.78 is 12.2. The molecule has 0 fully saturated rings. The van der Waals surface area contributed by atoms with Crippen LogP contribution in [-0.4, -0.2) is 24.1 Å². The Balaban J connectivity index is 1.66. The number of nitrogens with zero attached hydrogens (tertiary/aromatic N) is 1. The Morgan fingerprint density at radius 3 is 2.67 bits per heavy atom. The van der Waals surface area contributed by atoms with Gasteiger partial charge >= 0.3 is 0 Å². The summed E-state index contributed by atoms with van der Waals surface area (Å²) in [7, 11) is 0. The molecule has 0 atom stereocenters. The molecular formula is C21H24N2O3S. The molecule has 3 aromatic rings. The maximum atomic E-state index is 12.3. The SMILES string of the molecule is CCOc1ccc2nc(NC(=O)COc3ccccc3C(C)(C)C)sc2c1. The topological polar surface area (TPSA) is 60.5 Å². The van der Waals surface area contributed by atoms with Crippen molar-refractivity contribution in [1.82, 2.24) is 4.98 Å². The second-order valence-corrected chi connectivity index (χ2v) is 8.20. The maximum absolute atomic E-state index is 12.3. The normalized spacial score (nSPS) is 11.4. The van der Waals surface area contributed by atoms with E-state index in [0.717, 1.165) is 27.3 Å². The summed E-state index contributed by atoms with van der Waals surface area (Å²) in [6.07, 6.45) is 0. The van der Waals surface area contributed by atoms with Crippen LogP contribution in [0.4, 0.5) is 5.13 Å². The van der Waals surface area contributed by atoms with Crippen LogP contribution >= 0.6 is 11.3 Å². The molecule has 0 saturated carbocycles. The Labute approximate surface area is 163 Å². The van der Waals surface area contributed by atoms with Crippen molar-refractivity contribution in [3.05, 3.63) is 48.0 Å². The minimum absolute atomic E-state index is 0.0572. The van der Waals surface area contributed by atoms with Gasteiger partial charge in [0.2, 0.25) is 0 Å². The highest BCUT2D eigenvalue weighted by atomic mass is 32.1. The minimum atomic E-state index is -0.234. The van der Waals surface area contributed by atoms with Gasteiger partial charge in [-0.05, 0) is 42.2 Å². The Hall–Kier alpha value is -2.60. The fourth-order valence-corrected chi connectivity index (χ4v) is 3.64. The second-order valence-electron chi connectivity index (χ2n) is 7.16. The summed E-state index contributed by atoms with van der Waals surface area (Å²) in [5.74, 6) is 1.29. The van der Waals surface area contributed by atoms with Crippen molar-refractivity contribution < 1.29 is 14.3 Å². The molecule has 27 heavy (non-hydrogen) atoms. The molecule has 0 bridgehead atoms. The minimum Gasteiger partial charge on any atom is -0.494 e. The monoisotopic (exact) mass is 384 g/mol. The molecule has 0 aliphatic rings. The first-order valence-electron chi connectivity index (χ1n) is 8.92. The van der Waals surface area contributed by atoms with E-state index in [1.54, 1.807) is 0 Å². The van der Waals surface area contributed by atoms with Gasteiger partial charge in [-0.15, -0.1) is 0 Å². The van der Waals surface area contributed by atoms with Gasteiger partial charge in [-0.2, -0.15) is 0 Å². The first kappa shape index (κ1) is 19.2. The molecule has 142 valence electrons. The van der Waals surface area contributed by atoms with E-state index in [-0.39, 0.29) is 17.9 Å². The predicted molar refractivity (Wildman–Crippen MR) is 110 cm³/mol. The average molecular weight is 385 g/mol. The van der Waals surface area contributed by atoms with Gasteiger partial charge < -0.3 is 9.47 Å². The van der Waals surface area contributed by atoms with Gasteiger partial charge in [0.25, 0.3) is 5.91 Å². The van der Waals surface area contributed by atoms with Gasteiger partial charge in [-0.25, -0.2) is 4.98 Å². The van der Waals surface area contributed by atoms with Crippen molar-refractivity contribution in [2.24, 2.45) is 0 Å². The molecule has 0 unspecified atom stereocenters. The van der Waals surface area contributed by atoms with Crippen molar-refractivity contribution in [2.45, 2.75) is 33.1 Å². The van der Waals surface area contributed by atoms with E-state index < -0.39 is 0 Å². The van der Waals surface area contributed by atoms with Crippen molar-refractivity contribution >= 4 is 32.6 Å². The van der Waals surface area contributed by atoms with Gasteiger partial charge in [0.1, 0.15) is 11.5 Å². The summed E-state index contributed by atoms with van der Waals surface area (Å²) in [6.45, 7) is 8.85. The molecular weight excluding hydrogens is 360 g/mol. The van der Waals surface area contributed by atoms with Crippen LogP contribution in [0.15, 0.2) is 42.5 Å². The third-order valence-corrected chi connectivity index (χ3v) is 4.90. The standard InChI is InChI=1S/C21H24N2O3S/c1-5-25-14-10-11-16-18(12-14)27-20(22-16)23-19(24)13-26-17-9-7-6-8-15(17)21(2,3)4/h6-12H,5,13H2,1-4H3,(H,22,23,24). The molecule has 0 saturated heterocycles. The van der Waals surface area contributed by atoms with Crippen molar-refractivity contribution in [3.8, 4) is 11.5 Å². The van der Waals surface area contributed by atoms with Crippen LogP contribution in [0.2, 0.25) is 0 Å². The number of hydrogen-bond donors (Lipinski definition) is 1. The Kier molecular flexibility index (Phi) is 5.65. The molecule has 5 nitrogen and oxygen atoms in total. The van der Waals surface area contributed by atoms with Crippen LogP contribution in [0, 0.1) is 0 Å². The third kappa shape index (κ3) is 4.77. The zero-order valence-corrected chi connectivity index (χ0v) is 16.9. The first-order valence-corrected chi connectivity index (χ1v) is 9.74. The molecule has 0 spiro atoms.